The summed E-state index contributed by atoms with van der Waals surface area (Å²) in [5.41, 5.74) is 3.51. The van der Waals surface area contributed by atoms with Gasteiger partial charge in [-0.3, -0.25) is 4.79 Å². The van der Waals surface area contributed by atoms with Crippen LogP contribution in [0.25, 0.3) is 0 Å². The molecule has 4 heteroatoms. The van der Waals surface area contributed by atoms with Crippen LogP contribution in [0.5, 0.6) is 0 Å². The summed E-state index contributed by atoms with van der Waals surface area (Å²) in [6.45, 7) is 1.01. The number of hydrogen-bond donors (Lipinski definition) is 2. The number of nitrogens with one attached hydrogen (secondary N) is 2. The highest BCUT2D eigenvalue weighted by molar-refractivity contribution is 5.95. The van der Waals surface area contributed by atoms with Crippen molar-refractivity contribution in [3.8, 4) is 0 Å². The Hall–Kier alpha value is -1.22. The predicted molar refractivity (Wildman–Crippen MR) is 83.5 cm³/mol. The van der Waals surface area contributed by atoms with Gasteiger partial charge >= 0.3 is 0 Å². The summed E-state index contributed by atoms with van der Waals surface area (Å²) in [6, 6.07) is 6.22. The molecule has 2 N–H and O–H groups in total. The zero-order valence-electron chi connectivity index (χ0n) is 11.5. The first-order valence-electron chi connectivity index (χ1n) is 7.50. The molecule has 2 unspecified atom stereocenters. The summed E-state index contributed by atoms with van der Waals surface area (Å²) in [6.07, 6.45) is 6.21. The number of anilines is 2. The van der Waals surface area contributed by atoms with Crippen molar-refractivity contribution in [3.05, 3.63) is 23.8 Å². The van der Waals surface area contributed by atoms with Gasteiger partial charge in [-0.1, -0.05) is 12.8 Å². The molecule has 3 nitrogen and oxygen atoms in total. The Morgan fingerprint density at radius 2 is 1.95 bits per heavy atom. The molecule has 1 heterocycles. The quantitative estimate of drug-likeness (QED) is 0.876. The Morgan fingerprint density at radius 3 is 2.70 bits per heavy atom. The molecule has 0 radical (unpaired) electrons. The van der Waals surface area contributed by atoms with Gasteiger partial charge in [0.05, 0.1) is 0 Å². The molecule has 1 aromatic carbocycles. The van der Waals surface area contributed by atoms with E-state index in [1.165, 1.54) is 36.9 Å². The van der Waals surface area contributed by atoms with Crippen molar-refractivity contribution in [1.82, 2.24) is 0 Å². The Bertz CT molecular complexity index is 519. The zero-order chi connectivity index (χ0) is 12.8. The van der Waals surface area contributed by atoms with Gasteiger partial charge in [0.15, 0.2) is 0 Å². The van der Waals surface area contributed by atoms with E-state index in [2.05, 4.69) is 22.8 Å². The molecule has 0 aromatic heterocycles. The van der Waals surface area contributed by atoms with Crippen molar-refractivity contribution < 1.29 is 4.79 Å². The Kier molecular flexibility index (Phi) is 3.63. The van der Waals surface area contributed by atoms with Gasteiger partial charge in [-0.15, -0.1) is 12.4 Å². The lowest BCUT2D eigenvalue weighted by molar-refractivity contribution is -0.117. The molecule has 0 saturated heterocycles. The van der Waals surface area contributed by atoms with Crippen molar-refractivity contribution in [2.45, 2.75) is 32.1 Å². The van der Waals surface area contributed by atoms with E-state index in [1.54, 1.807) is 0 Å². The van der Waals surface area contributed by atoms with E-state index in [-0.39, 0.29) is 18.3 Å². The Morgan fingerprint density at radius 1 is 1.20 bits per heavy atom. The van der Waals surface area contributed by atoms with E-state index in [9.17, 15) is 4.79 Å². The molecule has 2 fully saturated rings. The molecule has 1 amide bonds. The highest BCUT2D eigenvalue weighted by Crippen LogP contribution is 2.55. The van der Waals surface area contributed by atoms with Gasteiger partial charge in [-0.2, -0.15) is 0 Å². The lowest BCUT2D eigenvalue weighted by Crippen LogP contribution is -2.15. The molecular weight excluding hydrogens is 272 g/mol. The van der Waals surface area contributed by atoms with Gasteiger partial charge in [0.1, 0.15) is 0 Å². The van der Waals surface area contributed by atoms with E-state index in [0.29, 0.717) is 17.8 Å². The minimum Gasteiger partial charge on any atom is -0.384 e. The molecule has 1 aliphatic heterocycles. The van der Waals surface area contributed by atoms with Crippen LogP contribution in [0.3, 0.4) is 0 Å². The molecule has 0 spiro atoms. The third kappa shape index (κ3) is 2.28. The number of carbonyl (C=O) groups is 1. The fourth-order valence-corrected chi connectivity index (χ4v) is 3.99. The number of fused-ring (bicyclic) bond motifs is 2. The zero-order valence-corrected chi connectivity index (χ0v) is 12.3. The second kappa shape index (κ2) is 5.28. The van der Waals surface area contributed by atoms with E-state index < -0.39 is 0 Å². The summed E-state index contributed by atoms with van der Waals surface area (Å²) < 4.78 is 0. The van der Waals surface area contributed by atoms with Crippen molar-refractivity contribution in [2.24, 2.45) is 17.8 Å². The van der Waals surface area contributed by atoms with Crippen LogP contribution >= 0.6 is 12.4 Å². The minimum absolute atomic E-state index is 0. The monoisotopic (exact) mass is 292 g/mol. The molecule has 20 heavy (non-hydrogen) atoms. The van der Waals surface area contributed by atoms with Gasteiger partial charge in [0.25, 0.3) is 0 Å². The van der Waals surface area contributed by atoms with Gasteiger partial charge in [-0.25, -0.2) is 0 Å². The van der Waals surface area contributed by atoms with Crippen LogP contribution in [0.1, 0.15) is 31.2 Å². The summed E-state index contributed by atoms with van der Waals surface area (Å²) in [5, 5.41) is 6.47. The molecule has 2 atom stereocenters. The average Bonchev–Trinajstić information content (AvgIpc) is 2.98. The number of rotatable bonds is 2. The van der Waals surface area contributed by atoms with Crippen molar-refractivity contribution >= 4 is 29.7 Å². The third-order valence-electron chi connectivity index (χ3n) is 5.04. The number of hydrogen-bond acceptors (Lipinski definition) is 2. The van der Waals surface area contributed by atoms with Crippen LogP contribution < -0.4 is 10.6 Å². The van der Waals surface area contributed by atoms with Crippen LogP contribution in [0.4, 0.5) is 11.4 Å². The minimum atomic E-state index is 0. The van der Waals surface area contributed by atoms with Gasteiger partial charge in [-0.05, 0) is 54.9 Å². The normalized spacial score (nSPS) is 29.5. The van der Waals surface area contributed by atoms with Crippen molar-refractivity contribution in [1.29, 1.82) is 0 Å². The van der Waals surface area contributed by atoms with Crippen molar-refractivity contribution in [2.75, 3.05) is 17.2 Å². The fourth-order valence-electron chi connectivity index (χ4n) is 3.99. The molecule has 3 aliphatic rings. The highest BCUT2D eigenvalue weighted by atomic mass is 35.5. The van der Waals surface area contributed by atoms with Crippen LogP contribution in [0, 0.1) is 17.8 Å². The first-order chi connectivity index (χ1) is 9.33. The largest absolute Gasteiger partial charge is 0.384 e. The lowest BCUT2D eigenvalue weighted by atomic mass is 10.0. The summed E-state index contributed by atoms with van der Waals surface area (Å²) in [4.78, 5) is 12.3. The van der Waals surface area contributed by atoms with Gasteiger partial charge in [0, 0.05) is 23.8 Å². The summed E-state index contributed by atoms with van der Waals surface area (Å²) >= 11 is 0. The van der Waals surface area contributed by atoms with E-state index in [1.807, 2.05) is 6.07 Å². The highest BCUT2D eigenvalue weighted by Gasteiger charge is 2.54. The second-order valence-corrected chi connectivity index (χ2v) is 6.18. The number of benzene rings is 1. The smallest absolute Gasteiger partial charge is 0.228 e. The van der Waals surface area contributed by atoms with E-state index in [4.69, 9.17) is 0 Å². The molecule has 4 rings (SSSR count). The molecule has 2 aliphatic carbocycles. The molecule has 0 bridgehead atoms. The maximum absolute atomic E-state index is 12.3. The SMILES string of the molecule is Cl.O=C(Nc1ccc2c(c1)CCN2)C1C2CCCCC21. The second-order valence-electron chi connectivity index (χ2n) is 6.18. The Balaban J connectivity index is 0.00000121. The number of carbonyl (C=O) groups excluding carboxylic acids is 1. The van der Waals surface area contributed by atoms with Gasteiger partial charge in [0.2, 0.25) is 5.91 Å². The summed E-state index contributed by atoms with van der Waals surface area (Å²) in [5.74, 6) is 1.92. The molecule has 1 aromatic rings. The average molecular weight is 293 g/mol. The number of amides is 1. The first kappa shape index (κ1) is 13.7. The van der Waals surface area contributed by atoms with Crippen LogP contribution in [-0.4, -0.2) is 12.5 Å². The predicted octanol–water partition coefficient (Wildman–Crippen LogP) is 3.45. The maximum Gasteiger partial charge on any atom is 0.228 e. The molecule has 2 saturated carbocycles. The van der Waals surface area contributed by atoms with Gasteiger partial charge < -0.3 is 10.6 Å². The molecule has 108 valence electrons. The van der Waals surface area contributed by atoms with Crippen LogP contribution in [0.2, 0.25) is 0 Å². The standard InChI is InChI=1S/C16H20N2O.ClH/c19-16(15-12-3-1-2-4-13(12)15)18-11-5-6-14-10(9-11)7-8-17-14;/h5-6,9,12-13,15,17H,1-4,7-8H2,(H,18,19);1H. The summed E-state index contributed by atoms with van der Waals surface area (Å²) in [7, 11) is 0. The first-order valence-corrected chi connectivity index (χ1v) is 7.50. The van der Waals surface area contributed by atoms with Crippen LogP contribution in [0.15, 0.2) is 18.2 Å². The maximum atomic E-state index is 12.3. The van der Waals surface area contributed by atoms with E-state index >= 15 is 0 Å². The van der Waals surface area contributed by atoms with Crippen molar-refractivity contribution in [3.63, 3.8) is 0 Å². The van der Waals surface area contributed by atoms with E-state index in [0.717, 1.165) is 18.7 Å². The molecular formula is C16H21ClN2O. The lowest BCUT2D eigenvalue weighted by Gasteiger charge is -2.07. The Labute approximate surface area is 125 Å². The van der Waals surface area contributed by atoms with Crippen LogP contribution in [-0.2, 0) is 11.2 Å². The topological polar surface area (TPSA) is 41.1 Å². The third-order valence-corrected chi connectivity index (χ3v) is 5.04. The fraction of sp³-hybridized carbons (Fsp3) is 0.562. The number of halogens is 1.